The molecule has 1 fully saturated rings. The van der Waals surface area contributed by atoms with Gasteiger partial charge in [0.15, 0.2) is 5.69 Å². The smallest absolute Gasteiger partial charge is 0.274 e. The third kappa shape index (κ3) is 3.52. The number of nitrogens with one attached hydrogen (secondary N) is 1. The summed E-state index contributed by atoms with van der Waals surface area (Å²) in [6, 6.07) is 2.33. The van der Waals surface area contributed by atoms with Crippen molar-refractivity contribution in [1.82, 2.24) is 20.0 Å². The molecule has 1 aliphatic heterocycles. The molecule has 2 heterocycles. The molecule has 5 nitrogen and oxygen atoms in total. The fourth-order valence-electron chi connectivity index (χ4n) is 2.69. The molecular formula is C14H25ClN4O. The van der Waals surface area contributed by atoms with Crippen LogP contribution < -0.4 is 5.32 Å². The van der Waals surface area contributed by atoms with Gasteiger partial charge in [0.2, 0.25) is 0 Å². The Kier molecular flexibility index (Phi) is 6.02. The van der Waals surface area contributed by atoms with Crippen LogP contribution in [0.15, 0.2) is 6.07 Å². The molecule has 1 amide bonds. The van der Waals surface area contributed by atoms with E-state index < -0.39 is 0 Å². The average Bonchev–Trinajstić information content (AvgIpc) is 2.80. The monoisotopic (exact) mass is 300 g/mol. The number of likely N-dealkylation sites (N-methyl/N-ethyl adjacent to an activating group) is 1. The number of hydrogen-bond donors (Lipinski definition) is 1. The third-order valence-corrected chi connectivity index (χ3v) is 3.84. The number of piperidine rings is 1. The number of amides is 1. The molecule has 0 aliphatic carbocycles. The van der Waals surface area contributed by atoms with Crippen molar-refractivity contribution in [1.29, 1.82) is 0 Å². The molecule has 0 aromatic carbocycles. The molecule has 0 radical (unpaired) electrons. The number of likely N-dealkylation sites (tertiary alicyclic amines) is 1. The summed E-state index contributed by atoms with van der Waals surface area (Å²) in [6.45, 7) is 5.85. The van der Waals surface area contributed by atoms with E-state index in [9.17, 15) is 4.79 Å². The molecule has 1 unspecified atom stereocenters. The molecule has 1 saturated heterocycles. The summed E-state index contributed by atoms with van der Waals surface area (Å²) in [6.07, 6.45) is 2.20. The van der Waals surface area contributed by atoms with Gasteiger partial charge in [0.1, 0.15) is 0 Å². The highest BCUT2D eigenvalue weighted by atomic mass is 35.5. The van der Waals surface area contributed by atoms with Crippen molar-refractivity contribution in [3.8, 4) is 0 Å². The Morgan fingerprint density at radius 2 is 2.20 bits per heavy atom. The van der Waals surface area contributed by atoms with Crippen LogP contribution in [0.1, 0.15) is 48.8 Å². The number of rotatable bonds is 3. The number of aryl methyl sites for hydroxylation is 1. The van der Waals surface area contributed by atoms with Gasteiger partial charge >= 0.3 is 0 Å². The summed E-state index contributed by atoms with van der Waals surface area (Å²) >= 11 is 0. The summed E-state index contributed by atoms with van der Waals surface area (Å²) in [4.78, 5) is 14.4. The van der Waals surface area contributed by atoms with Crippen molar-refractivity contribution >= 4 is 18.3 Å². The number of carbonyl (C=O) groups excluding carboxylic acids is 1. The van der Waals surface area contributed by atoms with Gasteiger partial charge in [0.05, 0.1) is 0 Å². The molecule has 6 heteroatoms. The van der Waals surface area contributed by atoms with Crippen molar-refractivity contribution in [2.24, 2.45) is 7.05 Å². The molecular weight excluding hydrogens is 276 g/mol. The molecule has 0 bridgehead atoms. The molecule has 1 aliphatic rings. The molecule has 0 saturated carbocycles. The van der Waals surface area contributed by atoms with Gasteiger partial charge in [-0.25, -0.2) is 0 Å². The zero-order valence-electron chi connectivity index (χ0n) is 12.7. The topological polar surface area (TPSA) is 50.2 Å². The summed E-state index contributed by atoms with van der Waals surface area (Å²) < 4.78 is 1.82. The van der Waals surface area contributed by atoms with Crippen LogP contribution in [0.5, 0.6) is 0 Å². The second-order valence-corrected chi connectivity index (χ2v) is 5.61. The van der Waals surface area contributed by atoms with Crippen LogP contribution in [0.25, 0.3) is 0 Å². The minimum absolute atomic E-state index is 0. The van der Waals surface area contributed by atoms with E-state index in [1.807, 2.05) is 29.7 Å². The third-order valence-electron chi connectivity index (χ3n) is 3.84. The average molecular weight is 301 g/mol. The molecule has 114 valence electrons. The van der Waals surface area contributed by atoms with Gasteiger partial charge in [-0.2, -0.15) is 5.10 Å². The van der Waals surface area contributed by atoms with Crippen LogP contribution >= 0.6 is 12.4 Å². The van der Waals surface area contributed by atoms with Crippen molar-refractivity contribution < 1.29 is 4.79 Å². The van der Waals surface area contributed by atoms with Crippen LogP contribution in [-0.2, 0) is 7.05 Å². The van der Waals surface area contributed by atoms with Crippen LogP contribution in [0.2, 0.25) is 0 Å². The fourth-order valence-corrected chi connectivity index (χ4v) is 2.69. The maximum atomic E-state index is 12.5. The van der Waals surface area contributed by atoms with E-state index in [-0.39, 0.29) is 18.3 Å². The van der Waals surface area contributed by atoms with Crippen LogP contribution in [0, 0.1) is 0 Å². The van der Waals surface area contributed by atoms with E-state index in [1.54, 1.807) is 0 Å². The van der Waals surface area contributed by atoms with Gasteiger partial charge in [-0.05, 0) is 31.9 Å². The van der Waals surface area contributed by atoms with Crippen molar-refractivity contribution in [3.05, 3.63) is 17.5 Å². The number of aromatic nitrogens is 2. The highest BCUT2D eigenvalue weighted by molar-refractivity contribution is 5.92. The zero-order valence-corrected chi connectivity index (χ0v) is 13.5. The maximum Gasteiger partial charge on any atom is 0.274 e. The second kappa shape index (κ2) is 7.09. The molecule has 1 atom stereocenters. The summed E-state index contributed by atoms with van der Waals surface area (Å²) in [5.74, 6) is 0.438. The predicted molar refractivity (Wildman–Crippen MR) is 82.5 cm³/mol. The summed E-state index contributed by atoms with van der Waals surface area (Å²) in [7, 11) is 3.86. The van der Waals surface area contributed by atoms with E-state index in [1.165, 1.54) is 0 Å². The van der Waals surface area contributed by atoms with Crippen LogP contribution in [0.4, 0.5) is 0 Å². The first-order valence-corrected chi connectivity index (χ1v) is 7.03. The van der Waals surface area contributed by atoms with E-state index in [0.717, 1.165) is 31.6 Å². The predicted octanol–water partition coefficient (Wildman–Crippen LogP) is 1.79. The molecule has 2 rings (SSSR count). The summed E-state index contributed by atoms with van der Waals surface area (Å²) in [5.41, 5.74) is 1.67. The zero-order chi connectivity index (χ0) is 14.0. The minimum atomic E-state index is 0. The lowest BCUT2D eigenvalue weighted by Gasteiger charge is -2.32. The van der Waals surface area contributed by atoms with Gasteiger partial charge in [-0.1, -0.05) is 13.8 Å². The first kappa shape index (κ1) is 17.0. The van der Waals surface area contributed by atoms with Gasteiger partial charge in [-0.3, -0.25) is 9.48 Å². The first-order chi connectivity index (χ1) is 9.02. The number of halogens is 1. The largest absolute Gasteiger partial charge is 0.336 e. The lowest BCUT2D eigenvalue weighted by Crippen LogP contribution is -2.47. The van der Waals surface area contributed by atoms with Crippen LogP contribution in [-0.4, -0.2) is 46.8 Å². The van der Waals surface area contributed by atoms with E-state index in [0.29, 0.717) is 17.7 Å². The van der Waals surface area contributed by atoms with Crippen molar-refractivity contribution in [3.63, 3.8) is 0 Å². The Labute approximate surface area is 127 Å². The van der Waals surface area contributed by atoms with Gasteiger partial charge in [0, 0.05) is 31.9 Å². The standard InChI is InChI=1S/C14H24N4O.ClH/c1-10(2)13-8-12(16-17(13)4)14(19)18-7-5-6-11(9-18)15-3;/h8,10-11,15H,5-7,9H2,1-4H3;1H. The van der Waals surface area contributed by atoms with Crippen molar-refractivity contribution in [2.45, 2.75) is 38.6 Å². The molecule has 1 N–H and O–H groups in total. The lowest BCUT2D eigenvalue weighted by molar-refractivity contribution is 0.0691. The Bertz CT molecular complexity index is 458. The molecule has 0 spiro atoms. The Balaban J connectivity index is 0.00000200. The Morgan fingerprint density at radius 1 is 1.50 bits per heavy atom. The lowest BCUT2D eigenvalue weighted by atomic mass is 10.1. The normalized spacial score (nSPS) is 19.1. The number of carbonyl (C=O) groups is 1. The molecule has 20 heavy (non-hydrogen) atoms. The molecule has 1 aromatic heterocycles. The van der Waals surface area contributed by atoms with E-state index >= 15 is 0 Å². The SMILES string of the molecule is CNC1CCCN(C(=O)c2cc(C(C)C)n(C)n2)C1.Cl. The Morgan fingerprint density at radius 3 is 2.75 bits per heavy atom. The molecule has 1 aromatic rings. The van der Waals surface area contributed by atoms with Gasteiger partial charge < -0.3 is 10.2 Å². The summed E-state index contributed by atoms with van der Waals surface area (Å²) in [5, 5.41) is 7.62. The van der Waals surface area contributed by atoms with Gasteiger partial charge in [0.25, 0.3) is 5.91 Å². The Hall–Kier alpha value is -1.07. The van der Waals surface area contributed by atoms with Gasteiger partial charge in [-0.15, -0.1) is 12.4 Å². The van der Waals surface area contributed by atoms with E-state index in [2.05, 4.69) is 24.3 Å². The fraction of sp³-hybridized carbons (Fsp3) is 0.714. The van der Waals surface area contributed by atoms with Crippen LogP contribution in [0.3, 0.4) is 0 Å². The number of nitrogens with zero attached hydrogens (tertiary/aromatic N) is 3. The van der Waals surface area contributed by atoms with Crippen molar-refractivity contribution in [2.75, 3.05) is 20.1 Å². The number of hydrogen-bond acceptors (Lipinski definition) is 3. The quantitative estimate of drug-likeness (QED) is 0.926. The second-order valence-electron chi connectivity index (χ2n) is 5.61. The maximum absolute atomic E-state index is 12.5. The minimum Gasteiger partial charge on any atom is -0.336 e. The first-order valence-electron chi connectivity index (χ1n) is 7.03. The highest BCUT2D eigenvalue weighted by Gasteiger charge is 2.25. The highest BCUT2D eigenvalue weighted by Crippen LogP contribution is 2.18. The van der Waals surface area contributed by atoms with E-state index in [4.69, 9.17) is 0 Å².